The van der Waals surface area contributed by atoms with Crippen LogP contribution in [-0.4, -0.2) is 24.1 Å². The van der Waals surface area contributed by atoms with Crippen LogP contribution in [0.2, 0.25) is 5.02 Å². The van der Waals surface area contributed by atoms with E-state index in [0.717, 1.165) is 34.8 Å². The molecule has 162 valence electrons. The predicted molar refractivity (Wildman–Crippen MR) is 130 cm³/mol. The summed E-state index contributed by atoms with van der Waals surface area (Å²) < 4.78 is 7.50. The molecule has 3 aromatic carbocycles. The molecule has 0 aliphatic rings. The van der Waals surface area contributed by atoms with Crippen LogP contribution in [0, 0.1) is 6.92 Å². The lowest BCUT2D eigenvalue weighted by Gasteiger charge is -2.13. The molecule has 1 N–H and O–H groups in total. The van der Waals surface area contributed by atoms with Crippen LogP contribution in [0.4, 0.5) is 0 Å². The maximum absolute atomic E-state index is 13.1. The van der Waals surface area contributed by atoms with E-state index in [-0.39, 0.29) is 5.91 Å². The Morgan fingerprint density at radius 1 is 0.969 bits per heavy atom. The fraction of sp³-hybridized carbons (Fsp3) is 0.148. The van der Waals surface area contributed by atoms with Crippen molar-refractivity contribution in [1.82, 2.24) is 9.88 Å². The molecule has 0 unspecified atom stereocenters. The van der Waals surface area contributed by atoms with Crippen LogP contribution in [0.5, 0.6) is 5.75 Å². The number of benzene rings is 3. The van der Waals surface area contributed by atoms with Crippen molar-refractivity contribution in [2.75, 3.05) is 13.7 Å². The van der Waals surface area contributed by atoms with Crippen LogP contribution in [0.25, 0.3) is 16.9 Å². The number of hydrogen-bond donors (Lipinski definition) is 1. The second-order valence-corrected chi connectivity index (χ2v) is 8.00. The van der Waals surface area contributed by atoms with Gasteiger partial charge in [-0.25, -0.2) is 0 Å². The van der Waals surface area contributed by atoms with E-state index in [4.69, 9.17) is 16.3 Å². The predicted octanol–water partition coefficient (Wildman–Crippen LogP) is 6.09. The summed E-state index contributed by atoms with van der Waals surface area (Å²) in [6.07, 6.45) is 0.784. The Labute approximate surface area is 193 Å². The van der Waals surface area contributed by atoms with Gasteiger partial charge in [0.15, 0.2) is 0 Å². The Morgan fingerprint density at radius 2 is 1.72 bits per heavy atom. The third-order valence-corrected chi connectivity index (χ3v) is 5.74. The lowest BCUT2D eigenvalue weighted by molar-refractivity contribution is 0.0953. The Morgan fingerprint density at radius 3 is 2.44 bits per heavy atom. The number of methoxy groups -OCH3 is 1. The smallest absolute Gasteiger partial charge is 0.253 e. The first-order valence-corrected chi connectivity index (χ1v) is 10.9. The number of nitrogens with one attached hydrogen (secondary N) is 1. The van der Waals surface area contributed by atoms with Gasteiger partial charge in [-0.15, -0.1) is 0 Å². The van der Waals surface area contributed by atoms with Crippen molar-refractivity contribution in [2.24, 2.45) is 0 Å². The minimum Gasteiger partial charge on any atom is -0.497 e. The minimum absolute atomic E-state index is 0.0877. The minimum atomic E-state index is -0.0877. The molecule has 0 aliphatic carbocycles. The van der Waals surface area contributed by atoms with E-state index in [0.29, 0.717) is 17.1 Å². The number of amides is 1. The van der Waals surface area contributed by atoms with Gasteiger partial charge in [-0.05, 0) is 54.8 Å². The molecule has 5 heteroatoms. The number of ether oxygens (including phenoxy) is 1. The third-order valence-electron chi connectivity index (χ3n) is 5.49. The maximum atomic E-state index is 13.1. The molecule has 0 aliphatic heterocycles. The average molecular weight is 445 g/mol. The molecule has 0 radical (unpaired) electrons. The van der Waals surface area contributed by atoms with Gasteiger partial charge in [-0.3, -0.25) is 4.79 Å². The van der Waals surface area contributed by atoms with Crippen molar-refractivity contribution in [3.63, 3.8) is 0 Å². The first-order chi connectivity index (χ1) is 15.6. The van der Waals surface area contributed by atoms with E-state index in [9.17, 15) is 4.79 Å². The highest BCUT2D eigenvalue weighted by Crippen LogP contribution is 2.31. The van der Waals surface area contributed by atoms with E-state index in [1.165, 1.54) is 5.56 Å². The van der Waals surface area contributed by atoms with Crippen molar-refractivity contribution >= 4 is 17.5 Å². The van der Waals surface area contributed by atoms with Crippen LogP contribution in [0.1, 0.15) is 21.6 Å². The van der Waals surface area contributed by atoms with Gasteiger partial charge in [0.05, 0.1) is 18.4 Å². The molecule has 4 nitrogen and oxygen atoms in total. The quantitative estimate of drug-likeness (QED) is 0.375. The monoisotopic (exact) mass is 444 g/mol. The summed E-state index contributed by atoms with van der Waals surface area (Å²) in [7, 11) is 1.65. The van der Waals surface area contributed by atoms with Crippen LogP contribution in [-0.2, 0) is 6.42 Å². The zero-order valence-electron chi connectivity index (χ0n) is 18.1. The maximum Gasteiger partial charge on any atom is 0.253 e. The summed E-state index contributed by atoms with van der Waals surface area (Å²) in [5, 5.41) is 3.74. The van der Waals surface area contributed by atoms with E-state index >= 15 is 0 Å². The zero-order valence-corrected chi connectivity index (χ0v) is 18.9. The van der Waals surface area contributed by atoms with Gasteiger partial charge in [0.2, 0.25) is 0 Å². The molecule has 1 heterocycles. The van der Waals surface area contributed by atoms with Crippen molar-refractivity contribution in [1.29, 1.82) is 0 Å². The molecule has 0 fully saturated rings. The number of carbonyl (C=O) groups is 1. The molecule has 0 atom stereocenters. The van der Waals surface area contributed by atoms with Crippen LogP contribution in [0.3, 0.4) is 0 Å². The number of halogens is 1. The molecule has 4 rings (SSSR count). The van der Waals surface area contributed by atoms with Crippen molar-refractivity contribution < 1.29 is 9.53 Å². The van der Waals surface area contributed by atoms with Crippen molar-refractivity contribution in [3.05, 3.63) is 107 Å². The Hall–Kier alpha value is -3.50. The molecular weight excluding hydrogens is 420 g/mol. The third kappa shape index (κ3) is 4.71. The normalized spacial score (nSPS) is 10.7. The number of hydrogen-bond acceptors (Lipinski definition) is 2. The Bertz CT molecular complexity index is 1210. The van der Waals surface area contributed by atoms with Crippen LogP contribution >= 0.6 is 11.6 Å². The lowest BCUT2D eigenvalue weighted by Crippen LogP contribution is -2.26. The first kappa shape index (κ1) is 21.7. The topological polar surface area (TPSA) is 43.3 Å². The van der Waals surface area contributed by atoms with E-state index in [1.54, 1.807) is 7.11 Å². The summed E-state index contributed by atoms with van der Waals surface area (Å²) in [5.74, 6) is 0.668. The van der Waals surface area contributed by atoms with Gasteiger partial charge < -0.3 is 14.6 Å². The van der Waals surface area contributed by atoms with Crippen LogP contribution < -0.4 is 10.1 Å². The Kier molecular flexibility index (Phi) is 6.62. The Balaban J connectivity index is 1.68. The van der Waals surface area contributed by atoms with E-state index in [1.807, 2.05) is 79.7 Å². The largest absolute Gasteiger partial charge is 0.497 e. The van der Waals surface area contributed by atoms with Crippen LogP contribution in [0.15, 0.2) is 84.9 Å². The first-order valence-electron chi connectivity index (χ1n) is 10.5. The highest BCUT2D eigenvalue weighted by molar-refractivity contribution is 6.30. The lowest BCUT2D eigenvalue weighted by atomic mass is 10.1. The highest BCUT2D eigenvalue weighted by Gasteiger charge is 2.20. The molecular formula is C27H25ClN2O2. The average Bonchev–Trinajstić information content (AvgIpc) is 3.17. The van der Waals surface area contributed by atoms with Gasteiger partial charge in [0.25, 0.3) is 5.91 Å². The number of rotatable bonds is 7. The number of aromatic nitrogens is 1. The highest BCUT2D eigenvalue weighted by atomic mass is 35.5. The van der Waals surface area contributed by atoms with Gasteiger partial charge in [-0.2, -0.15) is 0 Å². The fourth-order valence-electron chi connectivity index (χ4n) is 3.81. The van der Waals surface area contributed by atoms with Crippen molar-refractivity contribution in [2.45, 2.75) is 13.3 Å². The van der Waals surface area contributed by atoms with Gasteiger partial charge >= 0.3 is 0 Å². The van der Waals surface area contributed by atoms with Gasteiger partial charge in [-0.1, -0.05) is 60.1 Å². The summed E-state index contributed by atoms with van der Waals surface area (Å²) in [6.45, 7) is 2.54. The van der Waals surface area contributed by atoms with Gasteiger partial charge in [0, 0.05) is 29.0 Å². The molecule has 1 amide bonds. The second kappa shape index (κ2) is 9.75. The summed E-state index contributed by atoms with van der Waals surface area (Å²) in [4.78, 5) is 13.1. The summed E-state index contributed by atoms with van der Waals surface area (Å²) in [6, 6.07) is 27.5. The van der Waals surface area contributed by atoms with Gasteiger partial charge in [0.1, 0.15) is 5.75 Å². The molecule has 0 spiro atoms. The zero-order chi connectivity index (χ0) is 22.5. The standard InChI is InChI=1S/C27H25ClN2O2/c1-19-25(27(31)29-16-15-20-7-4-3-5-8-20)18-26(21-11-13-22(28)14-12-21)30(19)23-9-6-10-24(17-23)32-2/h3-14,17-18H,15-16H2,1-2H3,(H,29,31). The molecule has 0 saturated carbocycles. The molecule has 0 saturated heterocycles. The summed E-state index contributed by atoms with van der Waals surface area (Å²) in [5.41, 5.74) is 5.52. The van der Waals surface area contributed by atoms with Crippen molar-refractivity contribution in [3.8, 4) is 22.7 Å². The number of nitrogens with zero attached hydrogens (tertiary/aromatic N) is 1. The molecule has 32 heavy (non-hydrogen) atoms. The number of carbonyl (C=O) groups excluding carboxylic acids is 1. The fourth-order valence-corrected chi connectivity index (χ4v) is 3.94. The molecule has 1 aromatic heterocycles. The van der Waals surface area contributed by atoms with E-state index in [2.05, 4.69) is 22.0 Å². The van der Waals surface area contributed by atoms with E-state index < -0.39 is 0 Å². The molecule has 4 aromatic rings. The SMILES string of the molecule is COc1cccc(-n2c(-c3ccc(Cl)cc3)cc(C(=O)NCCc3ccccc3)c2C)c1. The summed E-state index contributed by atoms with van der Waals surface area (Å²) >= 11 is 6.10. The molecule has 0 bridgehead atoms. The second-order valence-electron chi connectivity index (χ2n) is 7.56.